The Bertz CT molecular complexity index is 584. The normalized spacial score (nSPS) is 10.5. The number of hydrogen-bond donors (Lipinski definition) is 0. The van der Waals surface area contributed by atoms with Crippen LogP contribution < -0.4 is 4.90 Å². The molecule has 0 radical (unpaired) electrons. The summed E-state index contributed by atoms with van der Waals surface area (Å²) >= 11 is 7.05. The van der Waals surface area contributed by atoms with Crippen molar-refractivity contribution in [1.82, 2.24) is 0 Å². The molecule has 1 heterocycles. The molecule has 2 nitrogen and oxygen atoms in total. The topological polar surface area (TPSA) is 20.3 Å². The van der Waals surface area contributed by atoms with Gasteiger partial charge in [-0.25, -0.2) is 4.39 Å². The summed E-state index contributed by atoms with van der Waals surface area (Å²) in [5.41, 5.74) is 0.445. The van der Waals surface area contributed by atoms with E-state index in [0.29, 0.717) is 21.4 Å². The monoisotopic (exact) mass is 297 g/mol. The highest BCUT2D eigenvalue weighted by Crippen LogP contribution is 2.23. The van der Waals surface area contributed by atoms with Gasteiger partial charge in [0.25, 0.3) is 0 Å². The van der Waals surface area contributed by atoms with Crippen molar-refractivity contribution in [1.29, 1.82) is 0 Å². The van der Waals surface area contributed by atoms with E-state index in [1.165, 1.54) is 17.4 Å². The van der Waals surface area contributed by atoms with E-state index in [1.54, 1.807) is 35.2 Å². The number of ketones is 1. The van der Waals surface area contributed by atoms with Crippen LogP contribution in [0.3, 0.4) is 0 Å². The predicted octanol–water partition coefficient (Wildman–Crippen LogP) is 4.25. The highest BCUT2D eigenvalue weighted by Gasteiger charge is 2.16. The Morgan fingerprint density at radius 3 is 2.63 bits per heavy atom. The van der Waals surface area contributed by atoms with Crippen molar-refractivity contribution in [2.75, 3.05) is 18.0 Å². The molecule has 0 aliphatic heterocycles. The van der Waals surface area contributed by atoms with E-state index in [4.69, 9.17) is 11.6 Å². The molecule has 0 bridgehead atoms. The fraction of sp³-hybridized carbons (Fsp3) is 0.214. The Balaban J connectivity index is 2.16. The van der Waals surface area contributed by atoms with Crippen LogP contribution in [0.4, 0.5) is 10.1 Å². The van der Waals surface area contributed by atoms with Crippen LogP contribution in [-0.4, -0.2) is 18.9 Å². The first-order chi connectivity index (χ1) is 9.11. The molecule has 1 aromatic heterocycles. The van der Waals surface area contributed by atoms with Crippen molar-refractivity contribution in [3.05, 3.63) is 51.4 Å². The lowest BCUT2D eigenvalue weighted by molar-refractivity contribution is 0.100. The van der Waals surface area contributed by atoms with Gasteiger partial charge >= 0.3 is 0 Å². The molecule has 0 N–H and O–H groups in total. The summed E-state index contributed by atoms with van der Waals surface area (Å²) in [6.07, 6.45) is 0. The molecule has 0 fully saturated rings. The van der Waals surface area contributed by atoms with E-state index < -0.39 is 0 Å². The third-order valence-corrected chi connectivity index (χ3v) is 4.03. The Labute approximate surface area is 120 Å². The van der Waals surface area contributed by atoms with E-state index in [0.717, 1.165) is 0 Å². The van der Waals surface area contributed by atoms with Crippen LogP contribution in [0.5, 0.6) is 0 Å². The zero-order valence-electron chi connectivity index (χ0n) is 10.4. The van der Waals surface area contributed by atoms with Gasteiger partial charge in [-0.05, 0) is 31.2 Å². The lowest BCUT2D eigenvalue weighted by atomic mass is 10.2. The fourth-order valence-corrected chi connectivity index (χ4v) is 2.76. The van der Waals surface area contributed by atoms with Gasteiger partial charge < -0.3 is 4.90 Å². The second-order valence-corrected chi connectivity index (χ2v) is 5.71. The van der Waals surface area contributed by atoms with Gasteiger partial charge in [0.05, 0.1) is 21.4 Å². The number of carbonyl (C=O) groups excluding carboxylic acids is 1. The molecular formula is C14H13ClFNOS. The molecule has 0 unspecified atom stereocenters. The lowest BCUT2D eigenvalue weighted by Crippen LogP contribution is -2.30. The van der Waals surface area contributed by atoms with Crippen LogP contribution in [0, 0.1) is 5.82 Å². The molecule has 0 saturated heterocycles. The number of benzene rings is 1. The molecule has 19 heavy (non-hydrogen) atoms. The third-order valence-electron chi connectivity index (χ3n) is 2.76. The fourth-order valence-electron chi connectivity index (χ4n) is 1.79. The number of para-hydroxylation sites is 1. The average Bonchev–Trinajstić information content (AvgIpc) is 2.83. The van der Waals surface area contributed by atoms with Crippen molar-refractivity contribution in [3.8, 4) is 0 Å². The van der Waals surface area contributed by atoms with Crippen molar-refractivity contribution in [2.45, 2.75) is 6.92 Å². The number of Topliss-reactive ketones (excluding diaryl/α,β-unsaturated/α-hetero) is 1. The maximum Gasteiger partial charge on any atom is 0.192 e. The van der Waals surface area contributed by atoms with Crippen molar-refractivity contribution >= 4 is 34.4 Å². The van der Waals surface area contributed by atoms with Crippen LogP contribution in [0.1, 0.15) is 16.6 Å². The van der Waals surface area contributed by atoms with Crippen LogP contribution in [0.25, 0.3) is 0 Å². The van der Waals surface area contributed by atoms with Crippen LogP contribution >= 0.6 is 22.9 Å². The van der Waals surface area contributed by atoms with Crippen LogP contribution in [0.15, 0.2) is 36.4 Å². The molecule has 2 aromatic rings. The number of nitrogens with zero attached hydrogens (tertiary/aromatic N) is 1. The number of anilines is 1. The average molecular weight is 298 g/mol. The van der Waals surface area contributed by atoms with Gasteiger partial charge in [-0.2, -0.15) is 0 Å². The van der Waals surface area contributed by atoms with E-state index in [9.17, 15) is 9.18 Å². The summed E-state index contributed by atoms with van der Waals surface area (Å²) in [7, 11) is 0. The SMILES string of the molecule is CCN(CC(=O)c1ccc(Cl)s1)c1ccccc1F. The second kappa shape index (κ2) is 6.17. The van der Waals surface area contributed by atoms with Gasteiger partial charge in [0.1, 0.15) is 5.82 Å². The largest absolute Gasteiger partial charge is 0.362 e. The molecule has 2 rings (SSSR count). The second-order valence-electron chi connectivity index (χ2n) is 3.99. The van der Waals surface area contributed by atoms with Gasteiger partial charge in [-0.15, -0.1) is 11.3 Å². The van der Waals surface area contributed by atoms with Gasteiger partial charge in [-0.3, -0.25) is 4.79 Å². The number of halogens is 2. The molecular weight excluding hydrogens is 285 g/mol. The van der Waals surface area contributed by atoms with Gasteiger partial charge in [0.15, 0.2) is 5.78 Å². The standard InChI is InChI=1S/C14H13ClFNOS/c1-2-17(11-6-4-3-5-10(11)16)9-12(18)13-7-8-14(15)19-13/h3-8H,2,9H2,1H3. The Kier molecular flexibility index (Phi) is 4.56. The third kappa shape index (κ3) is 3.33. The number of rotatable bonds is 5. The van der Waals surface area contributed by atoms with Crippen LogP contribution in [-0.2, 0) is 0 Å². The molecule has 100 valence electrons. The first kappa shape index (κ1) is 14.0. The van der Waals surface area contributed by atoms with Gasteiger partial charge in [0.2, 0.25) is 0 Å². The molecule has 0 aliphatic rings. The van der Waals surface area contributed by atoms with E-state index in [1.807, 2.05) is 6.92 Å². The maximum absolute atomic E-state index is 13.7. The van der Waals surface area contributed by atoms with E-state index in [-0.39, 0.29) is 18.1 Å². The molecule has 0 amide bonds. The highest BCUT2D eigenvalue weighted by molar-refractivity contribution is 7.18. The Morgan fingerprint density at radius 1 is 1.32 bits per heavy atom. The smallest absolute Gasteiger partial charge is 0.192 e. The number of hydrogen-bond acceptors (Lipinski definition) is 3. The minimum absolute atomic E-state index is 0.0537. The quantitative estimate of drug-likeness (QED) is 0.769. The maximum atomic E-state index is 13.7. The predicted molar refractivity (Wildman–Crippen MR) is 77.9 cm³/mol. The summed E-state index contributed by atoms with van der Waals surface area (Å²) in [5.74, 6) is -0.372. The molecule has 0 atom stereocenters. The Morgan fingerprint density at radius 2 is 2.05 bits per heavy atom. The number of likely N-dealkylation sites (N-methyl/N-ethyl adjacent to an activating group) is 1. The molecule has 1 aromatic carbocycles. The number of carbonyl (C=O) groups is 1. The molecule has 0 spiro atoms. The minimum Gasteiger partial charge on any atom is -0.362 e. The minimum atomic E-state index is -0.318. The molecule has 0 aliphatic carbocycles. The van der Waals surface area contributed by atoms with Gasteiger partial charge in [-0.1, -0.05) is 23.7 Å². The zero-order valence-corrected chi connectivity index (χ0v) is 12.0. The van der Waals surface area contributed by atoms with E-state index in [2.05, 4.69) is 0 Å². The Hall–Kier alpha value is -1.39. The summed E-state index contributed by atoms with van der Waals surface area (Å²) in [5, 5.41) is 0. The summed E-state index contributed by atoms with van der Waals surface area (Å²) in [6, 6.07) is 9.85. The van der Waals surface area contributed by atoms with Crippen molar-refractivity contribution in [2.24, 2.45) is 0 Å². The van der Waals surface area contributed by atoms with Crippen LogP contribution in [0.2, 0.25) is 4.34 Å². The number of thiophene rings is 1. The zero-order chi connectivity index (χ0) is 13.8. The summed E-state index contributed by atoms with van der Waals surface area (Å²) in [4.78, 5) is 14.4. The molecule has 5 heteroatoms. The first-order valence-electron chi connectivity index (χ1n) is 5.90. The molecule has 0 saturated carbocycles. The first-order valence-corrected chi connectivity index (χ1v) is 7.09. The summed E-state index contributed by atoms with van der Waals surface area (Å²) < 4.78 is 14.3. The van der Waals surface area contributed by atoms with Crippen molar-refractivity contribution < 1.29 is 9.18 Å². The lowest BCUT2D eigenvalue weighted by Gasteiger charge is -2.22. The highest BCUT2D eigenvalue weighted by atomic mass is 35.5. The summed E-state index contributed by atoms with van der Waals surface area (Å²) in [6.45, 7) is 2.60. The van der Waals surface area contributed by atoms with E-state index >= 15 is 0 Å². The van der Waals surface area contributed by atoms with Crippen molar-refractivity contribution in [3.63, 3.8) is 0 Å². The van der Waals surface area contributed by atoms with Gasteiger partial charge in [0, 0.05) is 6.54 Å².